The van der Waals surface area contributed by atoms with E-state index in [4.69, 9.17) is 4.98 Å². The van der Waals surface area contributed by atoms with Gasteiger partial charge in [0.05, 0.1) is 5.69 Å². The monoisotopic (exact) mass is 396 g/mol. The lowest BCUT2D eigenvalue weighted by atomic mass is 9.95. The number of hydrogen-bond donors (Lipinski definition) is 0. The van der Waals surface area contributed by atoms with Gasteiger partial charge in [0.25, 0.3) is 0 Å². The van der Waals surface area contributed by atoms with Crippen molar-refractivity contribution in [2.24, 2.45) is 0 Å². The van der Waals surface area contributed by atoms with Gasteiger partial charge >= 0.3 is 0 Å². The molecule has 4 heterocycles. The van der Waals surface area contributed by atoms with Crippen molar-refractivity contribution >= 4 is 11.8 Å². The summed E-state index contributed by atoms with van der Waals surface area (Å²) in [4.78, 5) is 37.7. The van der Waals surface area contributed by atoms with E-state index in [9.17, 15) is 9.59 Å². The zero-order chi connectivity index (χ0) is 20.5. The predicted octanol–water partition coefficient (Wildman–Crippen LogP) is 1.85. The average Bonchev–Trinajstić information content (AvgIpc) is 3.17. The van der Waals surface area contributed by atoms with Crippen LogP contribution in [-0.2, 0) is 22.6 Å². The molecule has 29 heavy (non-hydrogen) atoms. The molecule has 1 atom stereocenters. The summed E-state index contributed by atoms with van der Waals surface area (Å²) < 4.78 is 1.78. The van der Waals surface area contributed by atoms with Crippen LogP contribution in [0, 0.1) is 6.92 Å². The van der Waals surface area contributed by atoms with Gasteiger partial charge in [-0.1, -0.05) is 0 Å². The Morgan fingerprint density at radius 2 is 1.93 bits per heavy atom. The molecular formula is C21H28N6O2. The molecule has 8 heteroatoms. The Kier molecular flexibility index (Phi) is 5.34. The molecule has 2 aromatic rings. The summed E-state index contributed by atoms with van der Waals surface area (Å²) in [7, 11) is 0. The lowest BCUT2D eigenvalue weighted by Crippen LogP contribution is -2.42. The minimum atomic E-state index is -0.286. The maximum absolute atomic E-state index is 12.9. The molecule has 8 nitrogen and oxygen atoms in total. The normalized spacial score (nSPS) is 18.4. The number of likely N-dealkylation sites (tertiary alicyclic amines) is 1. The van der Waals surface area contributed by atoms with E-state index in [2.05, 4.69) is 10.1 Å². The van der Waals surface area contributed by atoms with Gasteiger partial charge in [-0.15, -0.1) is 0 Å². The van der Waals surface area contributed by atoms with Crippen LogP contribution in [0.3, 0.4) is 0 Å². The van der Waals surface area contributed by atoms with Crippen LogP contribution in [0.15, 0.2) is 18.5 Å². The van der Waals surface area contributed by atoms with Crippen LogP contribution in [0.2, 0.25) is 0 Å². The number of nitrogens with zero attached hydrogens (tertiary/aromatic N) is 6. The van der Waals surface area contributed by atoms with Crippen LogP contribution in [0.1, 0.15) is 61.4 Å². The van der Waals surface area contributed by atoms with Crippen molar-refractivity contribution in [2.45, 2.75) is 58.5 Å². The average molecular weight is 396 g/mol. The van der Waals surface area contributed by atoms with Gasteiger partial charge in [-0.25, -0.2) is 9.97 Å². The van der Waals surface area contributed by atoms with Gasteiger partial charge in [0.15, 0.2) is 0 Å². The zero-order valence-electron chi connectivity index (χ0n) is 17.3. The SMILES string of the molecule is CC(=O)N1CCc2nc(C3CCN(C(=O)[C@H](C)n4nccc4C)CC3)ncc2C1. The number of piperidine rings is 1. The highest BCUT2D eigenvalue weighted by molar-refractivity contribution is 5.80. The number of carbonyl (C=O) groups is 2. The lowest BCUT2D eigenvalue weighted by Gasteiger charge is -2.33. The maximum Gasteiger partial charge on any atom is 0.247 e. The van der Waals surface area contributed by atoms with Crippen LogP contribution in [0.25, 0.3) is 0 Å². The molecule has 0 saturated carbocycles. The van der Waals surface area contributed by atoms with Gasteiger partial charge < -0.3 is 9.80 Å². The second-order valence-corrected chi connectivity index (χ2v) is 8.08. The van der Waals surface area contributed by atoms with Crippen LogP contribution < -0.4 is 0 Å². The van der Waals surface area contributed by atoms with Gasteiger partial charge in [-0.2, -0.15) is 5.10 Å². The Morgan fingerprint density at radius 3 is 2.59 bits per heavy atom. The van der Waals surface area contributed by atoms with Crippen LogP contribution in [0.4, 0.5) is 0 Å². The van der Waals surface area contributed by atoms with E-state index in [1.807, 2.05) is 35.9 Å². The van der Waals surface area contributed by atoms with E-state index in [1.165, 1.54) is 0 Å². The fourth-order valence-electron chi connectivity index (χ4n) is 4.31. The van der Waals surface area contributed by atoms with Crippen molar-refractivity contribution in [2.75, 3.05) is 19.6 Å². The molecule has 0 bridgehead atoms. The van der Waals surface area contributed by atoms with Gasteiger partial charge in [0, 0.05) is 69.1 Å². The summed E-state index contributed by atoms with van der Waals surface area (Å²) in [5, 5.41) is 4.28. The first-order valence-corrected chi connectivity index (χ1v) is 10.3. The summed E-state index contributed by atoms with van der Waals surface area (Å²) in [6, 6.07) is 1.63. The first-order valence-electron chi connectivity index (χ1n) is 10.3. The van der Waals surface area contributed by atoms with E-state index in [-0.39, 0.29) is 23.8 Å². The standard InChI is InChI=1S/C21H28N6O2/c1-14-4-8-23-27(14)15(2)21(29)25-9-5-17(6-10-25)20-22-12-18-13-26(16(3)28)11-7-19(18)24-20/h4,8,12,15,17H,5-7,9-11,13H2,1-3H3/t15-/m0/s1. The van der Waals surface area contributed by atoms with Gasteiger partial charge in [0.1, 0.15) is 11.9 Å². The second-order valence-electron chi connectivity index (χ2n) is 8.08. The molecule has 1 fully saturated rings. The van der Waals surface area contributed by atoms with E-state index in [0.717, 1.165) is 48.6 Å². The summed E-state index contributed by atoms with van der Waals surface area (Å²) >= 11 is 0. The first kappa shape index (κ1) is 19.5. The van der Waals surface area contributed by atoms with Crippen molar-refractivity contribution in [1.82, 2.24) is 29.5 Å². The van der Waals surface area contributed by atoms with Crippen LogP contribution in [-0.4, -0.2) is 61.0 Å². The third kappa shape index (κ3) is 3.88. The molecule has 2 aromatic heterocycles. The van der Waals surface area contributed by atoms with Crippen molar-refractivity contribution in [3.63, 3.8) is 0 Å². The molecule has 154 valence electrons. The van der Waals surface area contributed by atoms with Crippen molar-refractivity contribution in [3.8, 4) is 0 Å². The van der Waals surface area contributed by atoms with E-state index < -0.39 is 0 Å². The van der Waals surface area contributed by atoms with E-state index in [0.29, 0.717) is 19.6 Å². The Labute approximate surface area is 170 Å². The fourth-order valence-corrected chi connectivity index (χ4v) is 4.31. The number of aryl methyl sites for hydroxylation is 1. The van der Waals surface area contributed by atoms with Crippen molar-refractivity contribution < 1.29 is 9.59 Å². The predicted molar refractivity (Wildman–Crippen MR) is 107 cm³/mol. The lowest BCUT2D eigenvalue weighted by molar-refractivity contribution is -0.135. The molecule has 0 radical (unpaired) electrons. The highest BCUT2D eigenvalue weighted by Crippen LogP contribution is 2.28. The number of rotatable bonds is 3. The molecular weight excluding hydrogens is 368 g/mol. The molecule has 0 spiro atoms. The Bertz CT molecular complexity index is 916. The number of fused-ring (bicyclic) bond motifs is 1. The Morgan fingerprint density at radius 1 is 1.17 bits per heavy atom. The summed E-state index contributed by atoms with van der Waals surface area (Å²) in [5.74, 6) is 1.36. The summed E-state index contributed by atoms with van der Waals surface area (Å²) in [5.41, 5.74) is 3.10. The topological polar surface area (TPSA) is 84.2 Å². The first-order chi connectivity index (χ1) is 13.9. The minimum Gasteiger partial charge on any atom is -0.341 e. The highest BCUT2D eigenvalue weighted by atomic mass is 16.2. The maximum atomic E-state index is 12.9. The van der Waals surface area contributed by atoms with Crippen LogP contribution >= 0.6 is 0 Å². The molecule has 0 aromatic carbocycles. The molecule has 1 saturated heterocycles. The van der Waals surface area contributed by atoms with Crippen molar-refractivity contribution in [3.05, 3.63) is 41.2 Å². The third-order valence-electron chi connectivity index (χ3n) is 6.16. The van der Waals surface area contributed by atoms with Gasteiger partial charge in [0.2, 0.25) is 11.8 Å². The Hall–Kier alpha value is -2.77. The quantitative estimate of drug-likeness (QED) is 0.791. The van der Waals surface area contributed by atoms with E-state index >= 15 is 0 Å². The Balaban J connectivity index is 1.38. The number of carbonyl (C=O) groups excluding carboxylic acids is 2. The number of aromatic nitrogens is 4. The van der Waals surface area contributed by atoms with Crippen molar-refractivity contribution in [1.29, 1.82) is 0 Å². The fraction of sp³-hybridized carbons (Fsp3) is 0.571. The molecule has 2 amide bonds. The number of hydrogen-bond acceptors (Lipinski definition) is 5. The molecule has 2 aliphatic heterocycles. The largest absolute Gasteiger partial charge is 0.341 e. The highest BCUT2D eigenvalue weighted by Gasteiger charge is 2.30. The molecule has 0 unspecified atom stereocenters. The molecule has 4 rings (SSSR count). The van der Waals surface area contributed by atoms with E-state index in [1.54, 1.807) is 17.8 Å². The smallest absolute Gasteiger partial charge is 0.247 e. The van der Waals surface area contributed by atoms with Gasteiger partial charge in [-0.3, -0.25) is 14.3 Å². The number of amides is 2. The van der Waals surface area contributed by atoms with Gasteiger partial charge in [-0.05, 0) is 32.8 Å². The van der Waals surface area contributed by atoms with Crippen LogP contribution in [0.5, 0.6) is 0 Å². The second kappa shape index (κ2) is 7.93. The minimum absolute atomic E-state index is 0.0938. The zero-order valence-corrected chi connectivity index (χ0v) is 17.3. The molecule has 0 aliphatic carbocycles. The summed E-state index contributed by atoms with van der Waals surface area (Å²) in [6.45, 7) is 8.22. The third-order valence-corrected chi connectivity index (χ3v) is 6.16. The molecule has 2 aliphatic rings. The summed E-state index contributed by atoms with van der Waals surface area (Å²) in [6.07, 6.45) is 6.13. The molecule has 0 N–H and O–H groups in total.